The summed E-state index contributed by atoms with van der Waals surface area (Å²) in [5.41, 5.74) is 2.55. The Labute approximate surface area is 200 Å². The van der Waals surface area contributed by atoms with Crippen molar-refractivity contribution >= 4 is 30.3 Å². The van der Waals surface area contributed by atoms with E-state index in [2.05, 4.69) is 69.6 Å². The largest absolute Gasteiger partial charge is 0.449 e. The van der Waals surface area contributed by atoms with Crippen LogP contribution in [0.2, 0.25) is 16.6 Å². The van der Waals surface area contributed by atoms with E-state index in [0.29, 0.717) is 29.8 Å². The number of halogens is 1. The molecular formula is C25H44BrNO3Si. The third-order valence-corrected chi connectivity index (χ3v) is 13.2. The van der Waals surface area contributed by atoms with Crippen LogP contribution >= 0.6 is 15.9 Å². The van der Waals surface area contributed by atoms with Crippen LogP contribution in [0.4, 0.5) is 4.79 Å². The van der Waals surface area contributed by atoms with E-state index in [1.54, 1.807) is 11.9 Å². The summed E-state index contributed by atoms with van der Waals surface area (Å²) in [5, 5.41) is 0. The minimum Gasteiger partial charge on any atom is -0.449 e. The van der Waals surface area contributed by atoms with Gasteiger partial charge in [0.2, 0.25) is 0 Å². The van der Waals surface area contributed by atoms with Gasteiger partial charge in [-0.3, -0.25) is 0 Å². The number of nitrogens with zero attached hydrogens (tertiary/aromatic N) is 1. The number of ether oxygens (including phenoxy) is 1. The lowest BCUT2D eigenvalue weighted by Crippen LogP contribution is -2.48. The van der Waals surface area contributed by atoms with E-state index in [9.17, 15) is 4.79 Å². The number of carbonyl (C=O) groups is 1. The molecule has 31 heavy (non-hydrogen) atoms. The van der Waals surface area contributed by atoms with E-state index in [-0.39, 0.29) is 17.6 Å². The fourth-order valence-corrected chi connectivity index (χ4v) is 10.2. The van der Waals surface area contributed by atoms with Gasteiger partial charge in [0.1, 0.15) is 6.61 Å². The minimum atomic E-state index is -1.92. The molecule has 0 spiro atoms. The number of hydrogen-bond donors (Lipinski definition) is 0. The van der Waals surface area contributed by atoms with E-state index in [4.69, 9.17) is 9.16 Å². The highest BCUT2D eigenvalue weighted by Crippen LogP contribution is 2.42. The molecule has 0 fully saturated rings. The standard InChI is InChI=1S/C25H44BrNO3Si/c1-18(2)31(19(3)4,20(5)6)30-16-15-22(21-11-13-23(26)14-12-21)17-29-24(28)27(10)25(7,8)9/h11-14,18-20,22H,15-17H2,1-10H3. The molecule has 4 nitrogen and oxygen atoms in total. The van der Waals surface area contributed by atoms with Crippen molar-refractivity contribution in [3.8, 4) is 0 Å². The minimum absolute atomic E-state index is 0.101. The van der Waals surface area contributed by atoms with Crippen molar-refractivity contribution in [2.75, 3.05) is 20.3 Å². The first-order valence-electron chi connectivity index (χ1n) is 11.5. The van der Waals surface area contributed by atoms with Crippen LogP contribution in [0, 0.1) is 0 Å². The van der Waals surface area contributed by atoms with Gasteiger partial charge in [0.15, 0.2) is 8.32 Å². The quantitative estimate of drug-likeness (QED) is 0.297. The van der Waals surface area contributed by atoms with E-state index < -0.39 is 8.32 Å². The fraction of sp³-hybridized carbons (Fsp3) is 0.720. The van der Waals surface area contributed by atoms with Crippen molar-refractivity contribution in [1.82, 2.24) is 4.90 Å². The normalized spacial score (nSPS) is 13.7. The highest BCUT2D eigenvalue weighted by molar-refractivity contribution is 9.10. The maximum atomic E-state index is 12.6. The molecule has 1 aromatic carbocycles. The van der Waals surface area contributed by atoms with Gasteiger partial charge in [0.05, 0.1) is 0 Å². The van der Waals surface area contributed by atoms with Gasteiger partial charge in [0, 0.05) is 29.6 Å². The van der Waals surface area contributed by atoms with Crippen molar-refractivity contribution in [3.05, 3.63) is 34.3 Å². The maximum absolute atomic E-state index is 12.6. The zero-order valence-electron chi connectivity index (χ0n) is 21.3. The first kappa shape index (κ1) is 28.2. The molecular weight excluding hydrogens is 470 g/mol. The Kier molecular flexibility index (Phi) is 10.8. The molecule has 1 unspecified atom stereocenters. The number of amides is 1. The molecule has 1 atom stereocenters. The SMILES string of the molecule is CC(C)[Si](OCCC(COC(=O)N(C)C(C)(C)C)c1ccc(Br)cc1)(C(C)C)C(C)C. The van der Waals surface area contributed by atoms with Gasteiger partial charge in [-0.2, -0.15) is 0 Å². The molecule has 0 aliphatic carbocycles. The van der Waals surface area contributed by atoms with Crippen LogP contribution < -0.4 is 0 Å². The van der Waals surface area contributed by atoms with Gasteiger partial charge in [-0.1, -0.05) is 69.6 Å². The van der Waals surface area contributed by atoms with Crippen LogP contribution in [0.15, 0.2) is 28.7 Å². The van der Waals surface area contributed by atoms with Crippen LogP contribution in [0.5, 0.6) is 0 Å². The van der Waals surface area contributed by atoms with Crippen molar-refractivity contribution in [2.24, 2.45) is 0 Å². The third-order valence-electron chi connectivity index (χ3n) is 6.55. The molecule has 0 aliphatic rings. The van der Waals surface area contributed by atoms with E-state index >= 15 is 0 Å². The van der Waals surface area contributed by atoms with Crippen LogP contribution in [0.1, 0.15) is 80.2 Å². The molecule has 178 valence electrons. The smallest absolute Gasteiger partial charge is 0.409 e. The topological polar surface area (TPSA) is 38.8 Å². The van der Waals surface area contributed by atoms with E-state index in [1.165, 1.54) is 5.56 Å². The molecule has 0 heterocycles. The summed E-state index contributed by atoms with van der Waals surface area (Å²) in [7, 11) is -0.130. The van der Waals surface area contributed by atoms with Crippen molar-refractivity contribution < 1.29 is 14.0 Å². The van der Waals surface area contributed by atoms with Crippen LogP contribution in [0.3, 0.4) is 0 Å². The average Bonchev–Trinajstić information content (AvgIpc) is 2.65. The lowest BCUT2D eigenvalue weighted by Gasteiger charge is -2.42. The lowest BCUT2D eigenvalue weighted by molar-refractivity contribution is 0.0741. The summed E-state index contributed by atoms with van der Waals surface area (Å²) in [6, 6.07) is 8.30. The van der Waals surface area contributed by atoms with Gasteiger partial charge in [-0.15, -0.1) is 0 Å². The predicted molar refractivity (Wildman–Crippen MR) is 137 cm³/mol. The Morgan fingerprint density at radius 2 is 1.48 bits per heavy atom. The highest BCUT2D eigenvalue weighted by Gasteiger charge is 2.45. The molecule has 1 aromatic rings. The van der Waals surface area contributed by atoms with Gasteiger partial charge < -0.3 is 14.1 Å². The average molecular weight is 515 g/mol. The summed E-state index contributed by atoms with van der Waals surface area (Å²) >= 11 is 3.51. The first-order valence-corrected chi connectivity index (χ1v) is 14.5. The summed E-state index contributed by atoms with van der Waals surface area (Å²) in [6.45, 7) is 20.9. The zero-order valence-corrected chi connectivity index (χ0v) is 23.9. The fourth-order valence-electron chi connectivity index (χ4n) is 4.50. The van der Waals surface area contributed by atoms with Gasteiger partial charge >= 0.3 is 6.09 Å². The summed E-state index contributed by atoms with van der Waals surface area (Å²) in [4.78, 5) is 14.2. The lowest BCUT2D eigenvalue weighted by atomic mass is 9.97. The molecule has 1 rings (SSSR count). The van der Waals surface area contributed by atoms with Gasteiger partial charge in [0.25, 0.3) is 0 Å². The van der Waals surface area contributed by atoms with Crippen molar-refractivity contribution in [3.63, 3.8) is 0 Å². The molecule has 0 N–H and O–H groups in total. The van der Waals surface area contributed by atoms with E-state index in [1.807, 2.05) is 32.9 Å². The van der Waals surface area contributed by atoms with E-state index in [0.717, 1.165) is 10.9 Å². The Hall–Kier alpha value is -0.853. The molecule has 0 bridgehead atoms. The molecule has 6 heteroatoms. The second kappa shape index (κ2) is 11.8. The van der Waals surface area contributed by atoms with Crippen molar-refractivity contribution in [2.45, 2.75) is 96.8 Å². The first-order chi connectivity index (χ1) is 14.2. The van der Waals surface area contributed by atoms with Crippen LogP contribution in [0.25, 0.3) is 0 Å². The number of rotatable bonds is 10. The number of carbonyl (C=O) groups excluding carboxylic acids is 1. The molecule has 1 amide bonds. The maximum Gasteiger partial charge on any atom is 0.409 e. The number of hydrogen-bond acceptors (Lipinski definition) is 3. The van der Waals surface area contributed by atoms with Crippen molar-refractivity contribution in [1.29, 1.82) is 0 Å². The van der Waals surface area contributed by atoms with Crippen LogP contribution in [-0.4, -0.2) is 45.1 Å². The molecule has 0 aromatic heterocycles. The second-order valence-electron chi connectivity index (χ2n) is 10.5. The predicted octanol–water partition coefficient (Wildman–Crippen LogP) is 7.98. The third kappa shape index (κ3) is 7.60. The zero-order chi connectivity index (χ0) is 24.0. The molecule has 0 radical (unpaired) electrons. The van der Waals surface area contributed by atoms with Gasteiger partial charge in [-0.05, 0) is 61.5 Å². The summed E-state index contributed by atoms with van der Waals surface area (Å²) < 4.78 is 13.6. The molecule has 0 saturated carbocycles. The summed E-state index contributed by atoms with van der Waals surface area (Å²) in [6.07, 6.45) is 0.542. The second-order valence-corrected chi connectivity index (χ2v) is 16.9. The monoisotopic (exact) mass is 513 g/mol. The Bertz CT molecular complexity index is 661. The Morgan fingerprint density at radius 3 is 1.90 bits per heavy atom. The Balaban J connectivity index is 2.95. The molecule has 0 aliphatic heterocycles. The summed E-state index contributed by atoms with van der Waals surface area (Å²) in [5.74, 6) is 0.101. The van der Waals surface area contributed by atoms with Gasteiger partial charge in [-0.25, -0.2) is 4.79 Å². The number of benzene rings is 1. The highest BCUT2D eigenvalue weighted by atomic mass is 79.9. The molecule has 0 saturated heterocycles. The Morgan fingerprint density at radius 1 is 1.00 bits per heavy atom. The van der Waals surface area contributed by atoms with Crippen LogP contribution in [-0.2, 0) is 9.16 Å².